The molecule has 0 atom stereocenters. The molecule has 0 unspecified atom stereocenters. The number of carbonyl (C=O) groups is 1. The Bertz CT molecular complexity index is 872. The molecule has 2 aliphatic rings. The first kappa shape index (κ1) is 17.8. The maximum atomic E-state index is 13.0. The Hall–Kier alpha value is -2.60. The number of nitrogens with one attached hydrogen (secondary N) is 1. The van der Waals surface area contributed by atoms with Crippen LogP contribution < -0.4 is 15.6 Å². The van der Waals surface area contributed by atoms with Crippen molar-refractivity contribution in [1.82, 2.24) is 9.88 Å². The molecule has 27 heavy (non-hydrogen) atoms. The fraction of sp³-hybridized carbons (Fsp3) is 0.429. The van der Waals surface area contributed by atoms with E-state index in [1.54, 1.807) is 4.57 Å². The zero-order valence-corrected chi connectivity index (χ0v) is 15.3. The number of hydrogen-bond donors (Lipinski definition) is 1. The number of pyridine rings is 1. The molecule has 1 N–H and O–H groups in total. The molecule has 1 aliphatic heterocycles. The number of benzene rings is 1. The maximum Gasteiger partial charge on any atom is 0.257 e. The van der Waals surface area contributed by atoms with Crippen molar-refractivity contribution in [2.75, 3.05) is 19.8 Å². The van der Waals surface area contributed by atoms with E-state index < -0.39 is 0 Å². The zero-order valence-electron chi connectivity index (χ0n) is 15.3. The van der Waals surface area contributed by atoms with Gasteiger partial charge in [0, 0.05) is 31.3 Å². The van der Waals surface area contributed by atoms with Gasteiger partial charge in [0.2, 0.25) is 0 Å². The van der Waals surface area contributed by atoms with Gasteiger partial charge in [0.05, 0.1) is 19.8 Å². The van der Waals surface area contributed by atoms with Crippen LogP contribution in [0.3, 0.4) is 0 Å². The summed E-state index contributed by atoms with van der Waals surface area (Å²) in [6, 6.07) is 11.2. The highest BCUT2D eigenvalue weighted by Gasteiger charge is 2.27. The Balaban J connectivity index is 1.64. The molecule has 0 radical (unpaired) electrons. The first-order valence-corrected chi connectivity index (χ1v) is 9.52. The van der Waals surface area contributed by atoms with Crippen LogP contribution in [0.2, 0.25) is 0 Å². The Morgan fingerprint density at radius 2 is 2.04 bits per heavy atom. The van der Waals surface area contributed by atoms with Crippen LogP contribution >= 0.6 is 0 Å². The van der Waals surface area contributed by atoms with Crippen molar-refractivity contribution in [1.29, 1.82) is 0 Å². The minimum Gasteiger partial charge on any atom is -0.492 e. The Morgan fingerprint density at radius 1 is 1.22 bits per heavy atom. The highest BCUT2D eigenvalue weighted by molar-refractivity contribution is 5.98. The molecule has 142 valence electrons. The predicted molar refractivity (Wildman–Crippen MR) is 101 cm³/mol. The second-order valence-electron chi connectivity index (χ2n) is 7.11. The van der Waals surface area contributed by atoms with Crippen LogP contribution in [0.25, 0.3) is 0 Å². The van der Waals surface area contributed by atoms with Crippen LogP contribution in [0.15, 0.2) is 41.2 Å². The monoisotopic (exact) mass is 368 g/mol. The van der Waals surface area contributed by atoms with E-state index in [4.69, 9.17) is 9.47 Å². The fourth-order valence-electron chi connectivity index (χ4n) is 3.32. The van der Waals surface area contributed by atoms with Crippen LogP contribution in [0.1, 0.15) is 34.5 Å². The summed E-state index contributed by atoms with van der Waals surface area (Å²) < 4.78 is 13.1. The van der Waals surface area contributed by atoms with Gasteiger partial charge in [-0.15, -0.1) is 0 Å². The van der Waals surface area contributed by atoms with Crippen molar-refractivity contribution in [3.05, 3.63) is 63.6 Å². The first-order valence-electron chi connectivity index (χ1n) is 9.52. The largest absolute Gasteiger partial charge is 0.492 e. The summed E-state index contributed by atoms with van der Waals surface area (Å²) in [6.07, 6.45) is 2.81. The molecule has 6 nitrogen and oxygen atoms in total. The summed E-state index contributed by atoms with van der Waals surface area (Å²) in [6.45, 7) is 2.40. The molecule has 1 aromatic heterocycles. The normalized spacial score (nSPS) is 16.3. The van der Waals surface area contributed by atoms with Gasteiger partial charge in [0.15, 0.2) is 0 Å². The van der Waals surface area contributed by atoms with Gasteiger partial charge in [-0.05, 0) is 24.3 Å². The molecule has 2 aromatic rings. The quantitative estimate of drug-likeness (QED) is 0.848. The molecular weight excluding hydrogens is 344 g/mol. The molecule has 2 heterocycles. The van der Waals surface area contributed by atoms with Gasteiger partial charge in [0.1, 0.15) is 11.3 Å². The number of hydrogen-bond acceptors (Lipinski definition) is 4. The van der Waals surface area contributed by atoms with Crippen LogP contribution in [0, 0.1) is 5.92 Å². The summed E-state index contributed by atoms with van der Waals surface area (Å²) in [5.41, 5.74) is 2.06. The van der Waals surface area contributed by atoms with Gasteiger partial charge in [-0.3, -0.25) is 9.59 Å². The molecule has 4 rings (SSSR count). The second kappa shape index (κ2) is 7.96. The summed E-state index contributed by atoms with van der Waals surface area (Å²) >= 11 is 0. The molecule has 0 bridgehead atoms. The lowest BCUT2D eigenvalue weighted by Crippen LogP contribution is -2.31. The van der Waals surface area contributed by atoms with Gasteiger partial charge in [-0.25, -0.2) is 0 Å². The highest BCUT2D eigenvalue weighted by Crippen LogP contribution is 2.31. The van der Waals surface area contributed by atoms with Gasteiger partial charge >= 0.3 is 0 Å². The SMILES string of the molecule is O=C(NCc1ccccc1)c1c(OCC2CC2)cc(=O)n2c1CCOCC2. The minimum atomic E-state index is -0.213. The number of ether oxygens (including phenoxy) is 2. The molecule has 1 amide bonds. The number of carbonyl (C=O) groups excluding carboxylic acids is 1. The van der Waals surface area contributed by atoms with E-state index >= 15 is 0 Å². The van der Waals surface area contributed by atoms with E-state index in [1.165, 1.54) is 6.07 Å². The molecule has 1 aliphatic carbocycles. The van der Waals surface area contributed by atoms with E-state index in [9.17, 15) is 9.59 Å². The average molecular weight is 368 g/mol. The van der Waals surface area contributed by atoms with Crippen LogP contribution in [0.4, 0.5) is 0 Å². The highest BCUT2D eigenvalue weighted by atomic mass is 16.5. The van der Waals surface area contributed by atoms with Gasteiger partial charge in [-0.1, -0.05) is 30.3 Å². The average Bonchev–Trinajstić information content (AvgIpc) is 3.52. The van der Waals surface area contributed by atoms with Crippen LogP contribution in [-0.2, 0) is 24.2 Å². The smallest absolute Gasteiger partial charge is 0.257 e. The number of aromatic nitrogens is 1. The molecule has 1 fully saturated rings. The van der Waals surface area contributed by atoms with E-state index in [1.807, 2.05) is 30.3 Å². The molecular formula is C21H24N2O4. The standard InChI is InChI=1S/C21H24N2O4/c24-19-12-18(27-14-16-6-7-16)20(17-8-10-26-11-9-23(17)19)21(25)22-13-15-4-2-1-3-5-15/h1-5,12,16H,6-11,13-14H2,(H,22,25). The molecule has 6 heteroatoms. The third-order valence-electron chi connectivity index (χ3n) is 5.02. The lowest BCUT2D eigenvalue weighted by Gasteiger charge is -2.18. The number of nitrogens with zero attached hydrogens (tertiary/aromatic N) is 1. The minimum absolute atomic E-state index is 0.138. The van der Waals surface area contributed by atoms with Crippen molar-refractivity contribution in [3.8, 4) is 5.75 Å². The third-order valence-corrected chi connectivity index (χ3v) is 5.02. The van der Waals surface area contributed by atoms with Crippen LogP contribution in [0.5, 0.6) is 5.75 Å². The molecule has 0 saturated heterocycles. The van der Waals surface area contributed by atoms with E-state index in [2.05, 4.69) is 5.32 Å². The second-order valence-corrected chi connectivity index (χ2v) is 7.11. The number of rotatable bonds is 6. The lowest BCUT2D eigenvalue weighted by molar-refractivity contribution is 0.0944. The van der Waals surface area contributed by atoms with E-state index in [-0.39, 0.29) is 11.5 Å². The molecule has 1 saturated carbocycles. The molecule has 1 aromatic carbocycles. The summed E-state index contributed by atoms with van der Waals surface area (Å²) in [5, 5.41) is 2.97. The Morgan fingerprint density at radius 3 is 2.81 bits per heavy atom. The predicted octanol–water partition coefficient (Wildman–Crippen LogP) is 2.14. The number of amides is 1. The van der Waals surface area contributed by atoms with E-state index in [0.29, 0.717) is 62.3 Å². The number of fused-ring (bicyclic) bond motifs is 1. The summed E-state index contributed by atoms with van der Waals surface area (Å²) in [7, 11) is 0. The molecule has 0 spiro atoms. The van der Waals surface area contributed by atoms with Crippen LogP contribution in [-0.4, -0.2) is 30.3 Å². The lowest BCUT2D eigenvalue weighted by atomic mass is 10.1. The summed E-state index contributed by atoms with van der Waals surface area (Å²) in [4.78, 5) is 25.6. The zero-order chi connectivity index (χ0) is 18.6. The van der Waals surface area contributed by atoms with Gasteiger partial charge < -0.3 is 19.4 Å². The van der Waals surface area contributed by atoms with Crippen molar-refractivity contribution < 1.29 is 14.3 Å². The fourth-order valence-corrected chi connectivity index (χ4v) is 3.32. The topological polar surface area (TPSA) is 69.6 Å². The first-order chi connectivity index (χ1) is 13.2. The van der Waals surface area contributed by atoms with Gasteiger partial charge in [-0.2, -0.15) is 0 Å². The third kappa shape index (κ3) is 4.22. The maximum absolute atomic E-state index is 13.0. The van der Waals surface area contributed by atoms with Crippen molar-refractivity contribution >= 4 is 5.91 Å². The van der Waals surface area contributed by atoms with Crippen molar-refractivity contribution in [3.63, 3.8) is 0 Å². The Labute approximate surface area is 158 Å². The van der Waals surface area contributed by atoms with Crippen molar-refractivity contribution in [2.45, 2.75) is 32.4 Å². The van der Waals surface area contributed by atoms with Gasteiger partial charge in [0.25, 0.3) is 11.5 Å². The summed E-state index contributed by atoms with van der Waals surface area (Å²) in [5.74, 6) is 0.719. The van der Waals surface area contributed by atoms with Crippen molar-refractivity contribution in [2.24, 2.45) is 5.92 Å². The van der Waals surface area contributed by atoms with E-state index in [0.717, 1.165) is 18.4 Å². The Kier molecular flexibility index (Phi) is 5.25.